The highest BCUT2D eigenvalue weighted by Gasteiger charge is 2.37. The molecule has 0 spiro atoms. The van der Waals surface area contributed by atoms with E-state index in [4.69, 9.17) is 14.7 Å². The van der Waals surface area contributed by atoms with Crippen LogP contribution in [0.2, 0.25) is 0 Å². The van der Waals surface area contributed by atoms with Gasteiger partial charge in [-0.15, -0.1) is 35.1 Å². The summed E-state index contributed by atoms with van der Waals surface area (Å²) in [5.41, 5.74) is 8.91. The monoisotopic (exact) mass is 729 g/mol. The first-order valence-electron chi connectivity index (χ1n) is 16.9. The molecule has 2 aliphatic heterocycles. The number of thiophene rings is 2. The minimum absolute atomic E-state index is 0. The maximum Gasteiger partial charge on any atom is 0.407 e. The molecule has 13 heteroatoms. The quantitative estimate of drug-likeness (QED) is 0.125. The van der Waals surface area contributed by atoms with Gasteiger partial charge >= 0.3 is 6.09 Å². The van der Waals surface area contributed by atoms with Crippen LogP contribution >= 0.6 is 35.1 Å². The summed E-state index contributed by atoms with van der Waals surface area (Å²) in [6.45, 7) is 5.51. The van der Waals surface area contributed by atoms with Gasteiger partial charge in [-0.3, -0.25) is 4.79 Å². The number of imidazole rings is 2. The zero-order valence-corrected chi connectivity index (χ0v) is 30.6. The van der Waals surface area contributed by atoms with Gasteiger partial charge in [-0.1, -0.05) is 44.2 Å². The summed E-state index contributed by atoms with van der Waals surface area (Å²) in [7, 11) is 1.30. The number of amides is 2. The second-order valence-electron chi connectivity index (χ2n) is 13.3. The third-order valence-electron chi connectivity index (χ3n) is 9.83. The predicted octanol–water partition coefficient (Wildman–Crippen LogP) is 8.45. The standard InChI is InChI=1S/C37H39N7O3S2.ClH/c1-20(2)31(43-37(46)47-3)36(45)44-15-5-7-30(44)35-39-17-29(42-35)22-10-8-21(9-11-22)24-18-48-33-25(19-49-32(24)33)23-12-13-26-28(16-23)41-34(40-26)27-6-4-14-38-27;/h8-13,16-20,27,30-31,38H,4-7,14-15H2,1-3H3,(H,39,42)(H,40,41)(H,43,46);1H/t27-,30-,31-;/m0./s1. The fraction of sp³-hybridized carbons (Fsp3) is 0.351. The molecule has 2 fully saturated rings. The van der Waals surface area contributed by atoms with Gasteiger partial charge in [0.25, 0.3) is 0 Å². The van der Waals surface area contributed by atoms with Crippen LogP contribution in [0.1, 0.15) is 63.3 Å². The van der Waals surface area contributed by atoms with Gasteiger partial charge in [0.05, 0.1) is 51.5 Å². The van der Waals surface area contributed by atoms with Crippen LogP contribution in [0.5, 0.6) is 0 Å². The van der Waals surface area contributed by atoms with Crippen LogP contribution in [-0.2, 0) is 9.53 Å². The molecule has 0 radical (unpaired) electrons. The number of carbonyl (C=O) groups is 2. The summed E-state index contributed by atoms with van der Waals surface area (Å²) in [6.07, 6.45) is 5.24. The molecule has 8 rings (SSSR count). The lowest BCUT2D eigenvalue weighted by Gasteiger charge is -2.30. The molecular formula is C37H40ClN7O3S2. The minimum atomic E-state index is -0.662. The molecule has 6 aromatic rings. The Kier molecular flexibility index (Phi) is 9.71. The van der Waals surface area contributed by atoms with E-state index in [1.165, 1.54) is 45.2 Å². The number of nitrogens with zero attached hydrogens (tertiary/aromatic N) is 3. The number of rotatable bonds is 8. The smallest absolute Gasteiger partial charge is 0.407 e. The number of likely N-dealkylation sites (tertiary alicyclic amines) is 1. The Bertz CT molecular complexity index is 2140. The van der Waals surface area contributed by atoms with E-state index in [-0.39, 0.29) is 30.3 Å². The van der Waals surface area contributed by atoms with Gasteiger partial charge in [0.15, 0.2) is 0 Å². The molecule has 2 amide bonds. The zero-order chi connectivity index (χ0) is 33.6. The molecule has 2 aromatic carbocycles. The van der Waals surface area contributed by atoms with Crippen LogP contribution in [0.25, 0.3) is 53.9 Å². The van der Waals surface area contributed by atoms with Crippen molar-refractivity contribution in [2.75, 3.05) is 20.2 Å². The Labute approximate surface area is 304 Å². The van der Waals surface area contributed by atoms with Crippen molar-refractivity contribution in [3.05, 3.63) is 71.1 Å². The van der Waals surface area contributed by atoms with Gasteiger partial charge < -0.3 is 30.2 Å². The molecule has 10 nitrogen and oxygen atoms in total. The van der Waals surface area contributed by atoms with E-state index in [0.29, 0.717) is 12.6 Å². The lowest BCUT2D eigenvalue weighted by atomic mass is 10.0. The normalized spacial score (nSPS) is 18.2. The lowest BCUT2D eigenvalue weighted by molar-refractivity contribution is -0.135. The molecule has 2 aliphatic rings. The Morgan fingerprint density at radius 3 is 2.36 bits per heavy atom. The van der Waals surface area contributed by atoms with Gasteiger partial charge in [0.1, 0.15) is 17.7 Å². The summed E-state index contributed by atoms with van der Waals surface area (Å²) < 4.78 is 7.36. The van der Waals surface area contributed by atoms with Crippen LogP contribution in [0.4, 0.5) is 4.79 Å². The number of nitrogens with one attached hydrogen (secondary N) is 4. The number of ether oxygens (including phenoxy) is 1. The van der Waals surface area contributed by atoms with Gasteiger partial charge in [-0.05, 0) is 67.0 Å². The number of aromatic nitrogens is 4. The number of hydrogen-bond donors (Lipinski definition) is 4. The fourth-order valence-corrected chi connectivity index (χ4v) is 9.63. The largest absolute Gasteiger partial charge is 0.453 e. The fourth-order valence-electron chi connectivity index (χ4n) is 7.17. The molecule has 4 aromatic heterocycles. The lowest BCUT2D eigenvalue weighted by Crippen LogP contribution is -2.51. The second-order valence-corrected chi connectivity index (χ2v) is 15.0. The van der Waals surface area contributed by atoms with E-state index >= 15 is 0 Å². The van der Waals surface area contributed by atoms with Crippen LogP contribution in [0.3, 0.4) is 0 Å². The van der Waals surface area contributed by atoms with Crippen LogP contribution in [0.15, 0.2) is 59.4 Å². The number of alkyl carbamates (subject to hydrolysis) is 1. The predicted molar refractivity (Wildman–Crippen MR) is 203 cm³/mol. The molecular weight excluding hydrogens is 690 g/mol. The van der Waals surface area contributed by atoms with Crippen molar-refractivity contribution in [1.29, 1.82) is 0 Å². The third-order valence-corrected chi connectivity index (χ3v) is 12.0. The second kappa shape index (κ2) is 14.2. The first kappa shape index (κ1) is 34.2. The molecule has 2 saturated heterocycles. The summed E-state index contributed by atoms with van der Waals surface area (Å²) in [5, 5.41) is 10.8. The van der Waals surface area contributed by atoms with Crippen molar-refractivity contribution in [2.24, 2.45) is 5.92 Å². The number of methoxy groups -OCH3 is 1. The average Bonchev–Trinajstić information content (AvgIpc) is 3.96. The maximum atomic E-state index is 13.5. The van der Waals surface area contributed by atoms with E-state index in [0.717, 1.165) is 59.7 Å². The zero-order valence-electron chi connectivity index (χ0n) is 28.1. The number of fused-ring (bicyclic) bond motifs is 2. The molecule has 0 unspecified atom stereocenters. The van der Waals surface area contributed by atoms with Gasteiger partial charge in [-0.2, -0.15) is 0 Å². The summed E-state index contributed by atoms with van der Waals surface area (Å²) >= 11 is 3.58. The molecule has 50 heavy (non-hydrogen) atoms. The summed E-state index contributed by atoms with van der Waals surface area (Å²) in [4.78, 5) is 43.9. The molecule has 6 heterocycles. The summed E-state index contributed by atoms with van der Waals surface area (Å²) in [5.74, 6) is 1.60. The number of aromatic amines is 2. The Morgan fingerprint density at radius 1 is 0.940 bits per heavy atom. The van der Waals surface area contributed by atoms with Crippen molar-refractivity contribution in [3.8, 4) is 33.5 Å². The molecule has 4 N–H and O–H groups in total. The number of hydrogen-bond acceptors (Lipinski definition) is 8. The first-order valence-corrected chi connectivity index (χ1v) is 18.7. The number of halogens is 1. The van der Waals surface area contributed by atoms with Gasteiger partial charge in [0, 0.05) is 28.4 Å². The Balaban J connectivity index is 0.00000392. The van der Waals surface area contributed by atoms with Crippen molar-refractivity contribution in [3.63, 3.8) is 0 Å². The highest BCUT2D eigenvalue weighted by molar-refractivity contribution is 7.27. The minimum Gasteiger partial charge on any atom is -0.453 e. The Hall–Kier alpha value is -4.23. The van der Waals surface area contributed by atoms with E-state index in [2.05, 4.69) is 73.8 Å². The molecule has 0 saturated carbocycles. The summed E-state index contributed by atoms with van der Waals surface area (Å²) in [6, 6.07) is 14.6. The van der Waals surface area contributed by atoms with E-state index in [1.54, 1.807) is 22.7 Å². The van der Waals surface area contributed by atoms with Crippen LogP contribution in [-0.4, -0.2) is 63.1 Å². The molecule has 260 valence electrons. The van der Waals surface area contributed by atoms with Crippen LogP contribution < -0.4 is 10.6 Å². The number of benzene rings is 2. The number of carbonyl (C=O) groups excluding carboxylic acids is 2. The number of H-pyrrole nitrogens is 2. The van der Waals surface area contributed by atoms with E-state index in [1.807, 2.05) is 24.9 Å². The van der Waals surface area contributed by atoms with Gasteiger partial charge in [-0.25, -0.2) is 14.8 Å². The van der Waals surface area contributed by atoms with Crippen molar-refractivity contribution >= 4 is 67.5 Å². The third kappa shape index (κ3) is 6.30. The molecule has 3 atom stereocenters. The average molecular weight is 730 g/mol. The maximum absolute atomic E-state index is 13.5. The van der Waals surface area contributed by atoms with Crippen molar-refractivity contribution in [1.82, 2.24) is 35.5 Å². The highest BCUT2D eigenvalue weighted by Crippen LogP contribution is 2.44. The SMILES string of the molecule is COC(=O)N[C@H](C(=O)N1CCC[C@H]1c1ncc(-c2ccc(-c3csc4c(-c5ccc6nc([C@@H]7CCCN7)[nH]c6c5)csc34)cc2)[nH]1)C(C)C.Cl. The molecule has 0 aliphatic carbocycles. The molecule has 0 bridgehead atoms. The van der Waals surface area contributed by atoms with E-state index in [9.17, 15) is 9.59 Å². The van der Waals surface area contributed by atoms with Crippen molar-refractivity contribution in [2.45, 2.75) is 57.7 Å². The van der Waals surface area contributed by atoms with Crippen LogP contribution in [0, 0.1) is 5.92 Å². The van der Waals surface area contributed by atoms with E-state index < -0.39 is 12.1 Å². The highest BCUT2D eigenvalue weighted by atomic mass is 35.5. The van der Waals surface area contributed by atoms with Gasteiger partial charge in [0.2, 0.25) is 5.91 Å². The topological polar surface area (TPSA) is 128 Å². The first-order chi connectivity index (χ1) is 23.9. The Morgan fingerprint density at radius 2 is 1.66 bits per heavy atom. The van der Waals surface area contributed by atoms with Crippen molar-refractivity contribution < 1.29 is 14.3 Å².